The zero-order valence-corrected chi connectivity index (χ0v) is 9.70. The number of β-amino-alcohol motifs (C(OH)–C–C–N with tert-alkyl or cyclic N) is 1. The van der Waals surface area contributed by atoms with Crippen LogP contribution in [0, 0.1) is 0 Å². The highest BCUT2D eigenvalue weighted by Gasteiger charge is 2.42. The molecule has 1 saturated heterocycles. The standard InChI is InChI=1S/C11H22N2O2/c1-3-6-11(15)7-13(8-11)10(14)5-4-9(2)12/h9,15H,3-8,12H2,1-2H3. The van der Waals surface area contributed by atoms with Crippen molar-refractivity contribution in [1.29, 1.82) is 0 Å². The van der Waals surface area contributed by atoms with Crippen LogP contribution < -0.4 is 5.73 Å². The second-order valence-electron chi connectivity index (χ2n) is 4.74. The molecule has 0 radical (unpaired) electrons. The number of rotatable bonds is 5. The number of nitrogens with zero attached hydrogens (tertiary/aromatic N) is 1. The molecule has 0 bridgehead atoms. The Bertz CT molecular complexity index is 223. The summed E-state index contributed by atoms with van der Waals surface area (Å²) in [6.07, 6.45) is 2.96. The third-order valence-electron chi connectivity index (χ3n) is 2.85. The minimum Gasteiger partial charge on any atom is -0.386 e. The first kappa shape index (κ1) is 12.5. The maximum Gasteiger partial charge on any atom is 0.222 e. The number of nitrogens with two attached hydrogens (primary N) is 1. The lowest BCUT2D eigenvalue weighted by Gasteiger charge is -2.46. The number of amides is 1. The first-order valence-electron chi connectivity index (χ1n) is 5.72. The first-order chi connectivity index (χ1) is 6.97. The maximum absolute atomic E-state index is 11.6. The van der Waals surface area contributed by atoms with Crippen molar-refractivity contribution in [2.45, 2.75) is 51.2 Å². The Hall–Kier alpha value is -0.610. The fourth-order valence-corrected chi connectivity index (χ4v) is 1.97. The molecule has 0 aromatic rings. The second kappa shape index (κ2) is 4.94. The minimum absolute atomic E-state index is 0.0738. The van der Waals surface area contributed by atoms with Crippen LogP contribution in [0.1, 0.15) is 39.5 Å². The first-order valence-corrected chi connectivity index (χ1v) is 5.72. The lowest BCUT2D eigenvalue weighted by molar-refractivity contribution is -0.156. The predicted octanol–water partition coefficient (Wildman–Crippen LogP) is 0.487. The van der Waals surface area contributed by atoms with Gasteiger partial charge in [-0.1, -0.05) is 13.3 Å². The topological polar surface area (TPSA) is 66.6 Å². The van der Waals surface area contributed by atoms with Crippen LogP contribution in [-0.4, -0.2) is 40.6 Å². The van der Waals surface area contributed by atoms with E-state index in [4.69, 9.17) is 5.73 Å². The van der Waals surface area contributed by atoms with Gasteiger partial charge in [0.05, 0.1) is 18.7 Å². The van der Waals surface area contributed by atoms with E-state index in [1.165, 1.54) is 0 Å². The van der Waals surface area contributed by atoms with Gasteiger partial charge in [0, 0.05) is 12.5 Å². The highest BCUT2D eigenvalue weighted by atomic mass is 16.3. The van der Waals surface area contributed by atoms with Gasteiger partial charge in [-0.2, -0.15) is 0 Å². The largest absolute Gasteiger partial charge is 0.386 e. The Balaban J connectivity index is 2.23. The molecule has 0 aliphatic carbocycles. The van der Waals surface area contributed by atoms with E-state index in [1.807, 2.05) is 13.8 Å². The zero-order valence-electron chi connectivity index (χ0n) is 9.70. The van der Waals surface area contributed by atoms with Gasteiger partial charge in [0.1, 0.15) is 0 Å². The molecule has 1 atom stereocenters. The zero-order chi connectivity index (χ0) is 11.5. The molecule has 0 saturated carbocycles. The molecule has 1 fully saturated rings. The summed E-state index contributed by atoms with van der Waals surface area (Å²) in [4.78, 5) is 13.3. The molecule has 1 aliphatic rings. The smallest absolute Gasteiger partial charge is 0.222 e. The van der Waals surface area contributed by atoms with Crippen LogP contribution in [0.25, 0.3) is 0 Å². The summed E-state index contributed by atoms with van der Waals surface area (Å²) in [6, 6.07) is 0.0738. The molecule has 4 heteroatoms. The molecule has 0 aromatic carbocycles. The number of aliphatic hydroxyl groups is 1. The van der Waals surface area contributed by atoms with Crippen LogP contribution in [0.2, 0.25) is 0 Å². The number of hydrogen-bond acceptors (Lipinski definition) is 3. The van der Waals surface area contributed by atoms with Gasteiger partial charge in [0.2, 0.25) is 5.91 Å². The van der Waals surface area contributed by atoms with Gasteiger partial charge in [-0.25, -0.2) is 0 Å². The molecule has 1 unspecified atom stereocenters. The number of likely N-dealkylation sites (tertiary alicyclic amines) is 1. The molecule has 0 spiro atoms. The van der Waals surface area contributed by atoms with E-state index < -0.39 is 5.60 Å². The van der Waals surface area contributed by atoms with Gasteiger partial charge in [0.15, 0.2) is 0 Å². The van der Waals surface area contributed by atoms with E-state index in [0.717, 1.165) is 19.3 Å². The van der Waals surface area contributed by atoms with Crippen molar-refractivity contribution < 1.29 is 9.90 Å². The van der Waals surface area contributed by atoms with Crippen molar-refractivity contribution in [2.75, 3.05) is 13.1 Å². The van der Waals surface area contributed by atoms with E-state index in [1.54, 1.807) is 4.90 Å². The van der Waals surface area contributed by atoms with Crippen molar-refractivity contribution in [3.63, 3.8) is 0 Å². The molecular formula is C11H22N2O2. The summed E-state index contributed by atoms with van der Waals surface area (Å²) in [6.45, 7) is 4.94. The average molecular weight is 214 g/mol. The van der Waals surface area contributed by atoms with E-state index in [0.29, 0.717) is 19.5 Å². The van der Waals surface area contributed by atoms with Crippen LogP contribution in [0.15, 0.2) is 0 Å². The molecule has 1 rings (SSSR count). The quantitative estimate of drug-likeness (QED) is 0.700. The average Bonchev–Trinajstić information content (AvgIpc) is 2.10. The number of hydrogen-bond donors (Lipinski definition) is 2. The molecule has 1 heterocycles. The molecular weight excluding hydrogens is 192 g/mol. The Morgan fingerprint density at radius 2 is 2.20 bits per heavy atom. The highest BCUT2D eigenvalue weighted by molar-refractivity contribution is 5.77. The third kappa shape index (κ3) is 3.47. The minimum atomic E-state index is -0.612. The molecule has 3 N–H and O–H groups in total. The molecule has 4 nitrogen and oxygen atoms in total. The Morgan fingerprint density at radius 3 is 2.67 bits per heavy atom. The third-order valence-corrected chi connectivity index (χ3v) is 2.85. The van der Waals surface area contributed by atoms with Crippen molar-refractivity contribution in [2.24, 2.45) is 5.73 Å². The summed E-state index contributed by atoms with van der Waals surface area (Å²) < 4.78 is 0. The van der Waals surface area contributed by atoms with Crippen LogP contribution in [0.5, 0.6) is 0 Å². The van der Waals surface area contributed by atoms with Crippen molar-refractivity contribution in [3.05, 3.63) is 0 Å². The Morgan fingerprint density at radius 1 is 1.60 bits per heavy atom. The molecule has 1 aliphatic heterocycles. The normalized spacial score (nSPS) is 20.9. The van der Waals surface area contributed by atoms with Crippen LogP contribution in [0.3, 0.4) is 0 Å². The maximum atomic E-state index is 11.6. The Labute approximate surface area is 91.4 Å². The van der Waals surface area contributed by atoms with Gasteiger partial charge in [0.25, 0.3) is 0 Å². The van der Waals surface area contributed by atoms with Crippen molar-refractivity contribution in [3.8, 4) is 0 Å². The summed E-state index contributed by atoms with van der Waals surface area (Å²) >= 11 is 0. The van der Waals surface area contributed by atoms with E-state index in [9.17, 15) is 9.90 Å². The lowest BCUT2D eigenvalue weighted by atomic mass is 9.89. The number of carbonyl (C=O) groups excluding carboxylic acids is 1. The van der Waals surface area contributed by atoms with E-state index >= 15 is 0 Å². The summed E-state index contributed by atoms with van der Waals surface area (Å²) in [5.74, 6) is 0.119. The summed E-state index contributed by atoms with van der Waals surface area (Å²) in [7, 11) is 0. The van der Waals surface area contributed by atoms with Gasteiger partial charge in [-0.05, 0) is 19.8 Å². The number of carbonyl (C=O) groups is 1. The monoisotopic (exact) mass is 214 g/mol. The summed E-state index contributed by atoms with van der Waals surface area (Å²) in [5, 5.41) is 9.89. The van der Waals surface area contributed by atoms with Crippen LogP contribution in [-0.2, 0) is 4.79 Å². The van der Waals surface area contributed by atoms with E-state index in [2.05, 4.69) is 0 Å². The molecule has 1 amide bonds. The van der Waals surface area contributed by atoms with Crippen molar-refractivity contribution >= 4 is 5.91 Å². The van der Waals surface area contributed by atoms with Gasteiger partial charge < -0.3 is 15.7 Å². The fourth-order valence-electron chi connectivity index (χ4n) is 1.97. The predicted molar refractivity (Wildman–Crippen MR) is 59.3 cm³/mol. The van der Waals surface area contributed by atoms with Gasteiger partial charge in [-0.3, -0.25) is 4.79 Å². The Kier molecular flexibility index (Phi) is 4.11. The molecule has 0 aromatic heterocycles. The molecule has 15 heavy (non-hydrogen) atoms. The summed E-state index contributed by atoms with van der Waals surface area (Å²) in [5.41, 5.74) is 4.97. The molecule has 88 valence electrons. The van der Waals surface area contributed by atoms with Gasteiger partial charge in [-0.15, -0.1) is 0 Å². The van der Waals surface area contributed by atoms with Crippen LogP contribution >= 0.6 is 0 Å². The van der Waals surface area contributed by atoms with Crippen LogP contribution in [0.4, 0.5) is 0 Å². The van der Waals surface area contributed by atoms with Gasteiger partial charge >= 0.3 is 0 Å². The van der Waals surface area contributed by atoms with Crippen molar-refractivity contribution in [1.82, 2.24) is 4.90 Å². The fraction of sp³-hybridized carbons (Fsp3) is 0.909. The highest BCUT2D eigenvalue weighted by Crippen LogP contribution is 2.26. The lowest BCUT2D eigenvalue weighted by Crippen LogP contribution is -2.63. The van der Waals surface area contributed by atoms with E-state index in [-0.39, 0.29) is 11.9 Å². The SMILES string of the molecule is CCCC1(O)CN(C(=O)CCC(C)N)C1. The second-order valence-corrected chi connectivity index (χ2v) is 4.74.